The lowest BCUT2D eigenvalue weighted by atomic mass is 10.2. The molecule has 5 heteroatoms. The third-order valence-electron chi connectivity index (χ3n) is 3.28. The van der Waals surface area contributed by atoms with Gasteiger partial charge in [0, 0.05) is 12.2 Å². The van der Waals surface area contributed by atoms with E-state index >= 15 is 0 Å². The van der Waals surface area contributed by atoms with Gasteiger partial charge in [0.05, 0.1) is 31.0 Å². The van der Waals surface area contributed by atoms with Gasteiger partial charge in [0.1, 0.15) is 5.69 Å². The Balaban J connectivity index is 2.23. The fourth-order valence-electron chi connectivity index (χ4n) is 2.14. The van der Waals surface area contributed by atoms with Crippen LogP contribution in [0.5, 0.6) is 0 Å². The number of carbonyl (C=O) groups is 1. The van der Waals surface area contributed by atoms with Crippen LogP contribution in [0.1, 0.15) is 28.7 Å². The molecule has 0 amide bonds. The lowest BCUT2D eigenvalue weighted by molar-refractivity contribution is 0.0593. The number of nitriles is 1. The molecule has 0 atom stereocenters. The molecule has 0 bridgehead atoms. The van der Waals surface area contributed by atoms with Crippen LogP contribution in [-0.4, -0.2) is 24.6 Å². The minimum absolute atomic E-state index is 0.293. The molecular formula is C17H17N3O2. The van der Waals surface area contributed by atoms with Crippen molar-refractivity contribution in [1.29, 1.82) is 5.26 Å². The molecule has 2 aromatic rings. The molecule has 0 aliphatic carbocycles. The highest BCUT2D eigenvalue weighted by Gasteiger charge is 2.11. The standard InChI is InChI=1S/C17H17N3O2/c1-3-20(15-8-4-6-13(10-15)11-18)12-14-7-5-9-16(19-14)17(21)22-2/h4-10H,3,12H2,1-2H3. The molecule has 0 fully saturated rings. The molecule has 1 aromatic carbocycles. The van der Waals surface area contributed by atoms with Gasteiger partial charge in [-0.15, -0.1) is 0 Å². The van der Waals surface area contributed by atoms with Gasteiger partial charge >= 0.3 is 5.97 Å². The number of hydrogen-bond donors (Lipinski definition) is 0. The Morgan fingerprint density at radius 3 is 2.77 bits per heavy atom. The number of aromatic nitrogens is 1. The summed E-state index contributed by atoms with van der Waals surface area (Å²) in [5.41, 5.74) is 2.63. The van der Waals surface area contributed by atoms with Crippen molar-refractivity contribution in [2.75, 3.05) is 18.6 Å². The molecule has 0 N–H and O–H groups in total. The SMILES string of the molecule is CCN(Cc1cccc(C(=O)OC)n1)c1cccc(C#N)c1. The number of esters is 1. The van der Waals surface area contributed by atoms with E-state index in [-0.39, 0.29) is 0 Å². The third-order valence-corrected chi connectivity index (χ3v) is 3.28. The Morgan fingerprint density at radius 1 is 1.32 bits per heavy atom. The quantitative estimate of drug-likeness (QED) is 0.793. The lowest BCUT2D eigenvalue weighted by Gasteiger charge is -2.23. The van der Waals surface area contributed by atoms with Crippen LogP contribution in [0.15, 0.2) is 42.5 Å². The number of benzene rings is 1. The van der Waals surface area contributed by atoms with Crippen molar-refractivity contribution < 1.29 is 9.53 Å². The van der Waals surface area contributed by atoms with E-state index in [0.717, 1.165) is 17.9 Å². The molecule has 0 unspecified atom stereocenters. The Hall–Kier alpha value is -2.87. The minimum atomic E-state index is -0.448. The van der Waals surface area contributed by atoms with E-state index in [1.54, 1.807) is 18.2 Å². The molecular weight excluding hydrogens is 278 g/mol. The molecule has 22 heavy (non-hydrogen) atoms. The normalized spacial score (nSPS) is 9.86. The van der Waals surface area contributed by atoms with Gasteiger partial charge in [-0.1, -0.05) is 12.1 Å². The van der Waals surface area contributed by atoms with Crippen LogP contribution in [0, 0.1) is 11.3 Å². The van der Waals surface area contributed by atoms with Gasteiger partial charge < -0.3 is 9.64 Å². The molecule has 1 heterocycles. The zero-order valence-corrected chi connectivity index (χ0v) is 12.6. The Morgan fingerprint density at radius 2 is 2.09 bits per heavy atom. The molecule has 0 aliphatic rings. The van der Waals surface area contributed by atoms with Crippen LogP contribution in [0.25, 0.3) is 0 Å². The van der Waals surface area contributed by atoms with Gasteiger partial charge in [-0.2, -0.15) is 5.26 Å². The number of carbonyl (C=O) groups excluding carboxylic acids is 1. The van der Waals surface area contributed by atoms with Gasteiger partial charge in [0.15, 0.2) is 0 Å². The molecule has 0 spiro atoms. The van der Waals surface area contributed by atoms with Crippen LogP contribution in [-0.2, 0) is 11.3 Å². The Labute approximate surface area is 129 Å². The monoisotopic (exact) mass is 295 g/mol. The number of ether oxygens (including phenoxy) is 1. The highest BCUT2D eigenvalue weighted by molar-refractivity contribution is 5.87. The number of pyridine rings is 1. The molecule has 0 aliphatic heterocycles. The summed E-state index contributed by atoms with van der Waals surface area (Å²) < 4.78 is 4.69. The van der Waals surface area contributed by atoms with Crippen LogP contribution < -0.4 is 4.90 Å². The molecule has 0 radical (unpaired) electrons. The molecule has 1 aromatic heterocycles. The highest BCUT2D eigenvalue weighted by Crippen LogP contribution is 2.18. The van der Waals surface area contributed by atoms with Gasteiger partial charge in [-0.3, -0.25) is 0 Å². The van der Waals surface area contributed by atoms with Gasteiger partial charge in [-0.05, 0) is 37.3 Å². The summed E-state index contributed by atoms with van der Waals surface area (Å²) in [5.74, 6) is -0.448. The van der Waals surface area contributed by atoms with Crippen LogP contribution in [0.4, 0.5) is 5.69 Å². The van der Waals surface area contributed by atoms with Gasteiger partial charge in [0.25, 0.3) is 0 Å². The summed E-state index contributed by atoms with van der Waals surface area (Å²) >= 11 is 0. The maximum absolute atomic E-state index is 11.5. The first-order valence-electron chi connectivity index (χ1n) is 6.97. The highest BCUT2D eigenvalue weighted by atomic mass is 16.5. The average molecular weight is 295 g/mol. The smallest absolute Gasteiger partial charge is 0.356 e. The minimum Gasteiger partial charge on any atom is -0.464 e. The van der Waals surface area contributed by atoms with E-state index in [1.807, 2.05) is 31.2 Å². The molecule has 0 saturated carbocycles. The number of methoxy groups -OCH3 is 1. The maximum Gasteiger partial charge on any atom is 0.356 e. The van der Waals surface area contributed by atoms with Crippen molar-refractivity contribution >= 4 is 11.7 Å². The van der Waals surface area contributed by atoms with Crippen molar-refractivity contribution in [2.24, 2.45) is 0 Å². The Kier molecular flexibility index (Phi) is 5.10. The first-order chi connectivity index (χ1) is 10.7. The summed E-state index contributed by atoms with van der Waals surface area (Å²) in [6.07, 6.45) is 0. The molecule has 112 valence electrons. The number of hydrogen-bond acceptors (Lipinski definition) is 5. The lowest BCUT2D eigenvalue weighted by Crippen LogP contribution is -2.23. The fourth-order valence-corrected chi connectivity index (χ4v) is 2.14. The zero-order valence-electron chi connectivity index (χ0n) is 12.6. The molecule has 5 nitrogen and oxygen atoms in total. The second-order valence-corrected chi connectivity index (χ2v) is 4.68. The van der Waals surface area contributed by atoms with E-state index in [2.05, 4.69) is 20.7 Å². The van der Waals surface area contributed by atoms with Crippen LogP contribution in [0.3, 0.4) is 0 Å². The summed E-state index contributed by atoms with van der Waals surface area (Å²) in [6, 6.07) is 14.8. The van der Waals surface area contributed by atoms with Gasteiger partial charge in [0.2, 0.25) is 0 Å². The number of nitrogens with zero attached hydrogens (tertiary/aromatic N) is 3. The van der Waals surface area contributed by atoms with E-state index in [4.69, 9.17) is 5.26 Å². The summed E-state index contributed by atoms with van der Waals surface area (Å²) in [5, 5.41) is 9.00. The Bertz CT molecular complexity index is 707. The van der Waals surface area contributed by atoms with Crippen LogP contribution >= 0.6 is 0 Å². The first kappa shape index (κ1) is 15.5. The van der Waals surface area contributed by atoms with E-state index in [0.29, 0.717) is 17.8 Å². The third kappa shape index (κ3) is 3.61. The molecule has 0 saturated heterocycles. The zero-order chi connectivity index (χ0) is 15.9. The van der Waals surface area contributed by atoms with Crippen molar-refractivity contribution in [2.45, 2.75) is 13.5 Å². The summed E-state index contributed by atoms with van der Waals surface area (Å²) in [4.78, 5) is 17.9. The fraction of sp³-hybridized carbons (Fsp3) is 0.235. The van der Waals surface area contributed by atoms with E-state index in [9.17, 15) is 4.79 Å². The topological polar surface area (TPSA) is 66.2 Å². The van der Waals surface area contributed by atoms with Crippen molar-refractivity contribution in [1.82, 2.24) is 4.98 Å². The van der Waals surface area contributed by atoms with E-state index < -0.39 is 5.97 Å². The predicted molar refractivity (Wildman–Crippen MR) is 83.5 cm³/mol. The first-order valence-corrected chi connectivity index (χ1v) is 6.97. The predicted octanol–water partition coefficient (Wildman–Crippen LogP) is 2.77. The largest absolute Gasteiger partial charge is 0.464 e. The van der Waals surface area contributed by atoms with Crippen LogP contribution in [0.2, 0.25) is 0 Å². The van der Waals surface area contributed by atoms with Crippen molar-refractivity contribution in [3.05, 3.63) is 59.4 Å². The van der Waals surface area contributed by atoms with E-state index in [1.165, 1.54) is 7.11 Å². The average Bonchev–Trinajstić information content (AvgIpc) is 2.59. The van der Waals surface area contributed by atoms with Crippen molar-refractivity contribution in [3.63, 3.8) is 0 Å². The number of anilines is 1. The number of rotatable bonds is 5. The summed E-state index contributed by atoms with van der Waals surface area (Å²) in [6.45, 7) is 3.35. The second kappa shape index (κ2) is 7.23. The molecule has 2 rings (SSSR count). The van der Waals surface area contributed by atoms with Crippen molar-refractivity contribution in [3.8, 4) is 6.07 Å². The van der Waals surface area contributed by atoms with Gasteiger partial charge in [-0.25, -0.2) is 9.78 Å². The maximum atomic E-state index is 11.5. The summed E-state index contributed by atoms with van der Waals surface area (Å²) in [7, 11) is 1.34. The second-order valence-electron chi connectivity index (χ2n) is 4.68.